The van der Waals surface area contributed by atoms with Crippen LogP contribution in [-0.2, 0) is 0 Å². The molecule has 1 heteroatoms. The van der Waals surface area contributed by atoms with Gasteiger partial charge in [0.05, 0.1) is 0 Å². The van der Waals surface area contributed by atoms with Gasteiger partial charge in [0.15, 0.2) is 0 Å². The molecule has 1 atom stereocenters. The minimum absolute atomic E-state index is 0.587. The van der Waals surface area contributed by atoms with Crippen LogP contribution in [0.4, 0.5) is 0 Å². The van der Waals surface area contributed by atoms with E-state index in [0.717, 1.165) is 11.8 Å². The summed E-state index contributed by atoms with van der Waals surface area (Å²) in [5, 5.41) is 3.60. The Morgan fingerprint density at radius 3 is 2.33 bits per heavy atom. The Morgan fingerprint density at radius 2 is 1.72 bits per heavy atom. The first-order valence-corrected chi connectivity index (χ1v) is 7.66. The number of benzene rings is 1. The molecule has 0 bridgehead atoms. The molecule has 1 aromatic rings. The van der Waals surface area contributed by atoms with Crippen molar-refractivity contribution < 1.29 is 0 Å². The van der Waals surface area contributed by atoms with Gasteiger partial charge in [0.1, 0.15) is 0 Å². The third kappa shape index (κ3) is 2.21. The van der Waals surface area contributed by atoms with Crippen molar-refractivity contribution in [1.82, 2.24) is 5.32 Å². The zero-order valence-electron chi connectivity index (χ0n) is 11.5. The van der Waals surface area contributed by atoms with E-state index in [1.165, 1.54) is 44.9 Å². The Balaban J connectivity index is 1.88. The summed E-state index contributed by atoms with van der Waals surface area (Å²) in [5.41, 5.74) is 3.23. The van der Waals surface area contributed by atoms with Gasteiger partial charge in [-0.3, -0.25) is 0 Å². The summed E-state index contributed by atoms with van der Waals surface area (Å²) in [6, 6.07) is 9.77. The summed E-state index contributed by atoms with van der Waals surface area (Å²) < 4.78 is 0. The number of rotatable bonds is 4. The van der Waals surface area contributed by atoms with Crippen LogP contribution in [-0.4, -0.2) is 7.05 Å². The molecule has 1 N–H and O–H groups in total. The van der Waals surface area contributed by atoms with Crippen molar-refractivity contribution in [3.05, 3.63) is 35.4 Å². The molecule has 2 saturated carbocycles. The Hall–Kier alpha value is -0.820. The Bertz CT molecular complexity index is 388. The van der Waals surface area contributed by atoms with Gasteiger partial charge in [-0.05, 0) is 55.7 Å². The van der Waals surface area contributed by atoms with Crippen molar-refractivity contribution in [1.29, 1.82) is 0 Å². The predicted octanol–water partition coefficient (Wildman–Crippen LogP) is 4.40. The normalized spacial score (nSPS) is 22.9. The van der Waals surface area contributed by atoms with Crippen molar-refractivity contribution in [2.45, 2.75) is 56.9 Å². The molecule has 2 fully saturated rings. The Kier molecular flexibility index (Phi) is 3.69. The van der Waals surface area contributed by atoms with E-state index in [1.807, 2.05) is 0 Å². The number of hydrogen-bond donors (Lipinski definition) is 1. The third-order valence-electron chi connectivity index (χ3n) is 5.06. The van der Waals surface area contributed by atoms with E-state index in [1.54, 1.807) is 11.1 Å². The van der Waals surface area contributed by atoms with Gasteiger partial charge < -0.3 is 5.32 Å². The number of hydrogen-bond acceptors (Lipinski definition) is 1. The van der Waals surface area contributed by atoms with Crippen molar-refractivity contribution in [2.24, 2.45) is 5.92 Å². The van der Waals surface area contributed by atoms with Crippen LogP contribution in [0.2, 0.25) is 0 Å². The zero-order chi connectivity index (χ0) is 12.4. The molecule has 18 heavy (non-hydrogen) atoms. The highest BCUT2D eigenvalue weighted by atomic mass is 14.9. The molecule has 1 aromatic carbocycles. The molecular weight excluding hydrogens is 218 g/mol. The van der Waals surface area contributed by atoms with Gasteiger partial charge in [-0.25, -0.2) is 0 Å². The van der Waals surface area contributed by atoms with E-state index >= 15 is 0 Å². The van der Waals surface area contributed by atoms with Crippen LogP contribution in [0.25, 0.3) is 0 Å². The summed E-state index contributed by atoms with van der Waals surface area (Å²) in [5.74, 6) is 1.70. The lowest BCUT2D eigenvalue weighted by molar-refractivity contribution is 0.372. The fourth-order valence-electron chi connectivity index (χ4n) is 3.82. The van der Waals surface area contributed by atoms with E-state index in [4.69, 9.17) is 0 Å². The van der Waals surface area contributed by atoms with Gasteiger partial charge >= 0.3 is 0 Å². The fraction of sp³-hybridized carbons (Fsp3) is 0.647. The molecule has 2 aliphatic carbocycles. The monoisotopic (exact) mass is 243 g/mol. The van der Waals surface area contributed by atoms with Gasteiger partial charge in [-0.15, -0.1) is 0 Å². The molecule has 0 radical (unpaired) electrons. The highest BCUT2D eigenvalue weighted by Crippen LogP contribution is 2.43. The maximum atomic E-state index is 3.60. The summed E-state index contributed by atoms with van der Waals surface area (Å²) >= 11 is 0. The largest absolute Gasteiger partial charge is 0.313 e. The van der Waals surface area contributed by atoms with Crippen LogP contribution in [0.3, 0.4) is 0 Å². The standard InChI is InChI=1S/C17H25N/c1-18-17(14-7-2-3-8-14)16-12-5-4-11-15(16)13-9-6-10-13/h4-5,11-14,17-18H,2-3,6-10H2,1H3. The Morgan fingerprint density at radius 1 is 1.00 bits per heavy atom. The predicted molar refractivity (Wildman–Crippen MR) is 76.8 cm³/mol. The molecular formula is C17H25N. The topological polar surface area (TPSA) is 12.0 Å². The van der Waals surface area contributed by atoms with Crippen molar-refractivity contribution in [3.8, 4) is 0 Å². The highest BCUT2D eigenvalue weighted by Gasteiger charge is 2.29. The minimum atomic E-state index is 0.587. The summed E-state index contributed by atoms with van der Waals surface area (Å²) in [6.45, 7) is 0. The van der Waals surface area contributed by atoms with E-state index in [2.05, 4.69) is 36.6 Å². The van der Waals surface area contributed by atoms with Gasteiger partial charge in [0, 0.05) is 6.04 Å². The summed E-state index contributed by atoms with van der Waals surface area (Å²) in [6.07, 6.45) is 9.89. The average Bonchev–Trinajstić information content (AvgIpc) is 2.84. The zero-order valence-corrected chi connectivity index (χ0v) is 11.5. The summed E-state index contributed by atoms with van der Waals surface area (Å²) in [7, 11) is 2.14. The summed E-state index contributed by atoms with van der Waals surface area (Å²) in [4.78, 5) is 0. The Labute approximate surface area is 111 Å². The van der Waals surface area contributed by atoms with Crippen LogP contribution >= 0.6 is 0 Å². The van der Waals surface area contributed by atoms with Crippen LogP contribution in [0, 0.1) is 5.92 Å². The molecule has 0 aromatic heterocycles. The van der Waals surface area contributed by atoms with Gasteiger partial charge in [-0.2, -0.15) is 0 Å². The van der Waals surface area contributed by atoms with Crippen molar-refractivity contribution in [3.63, 3.8) is 0 Å². The van der Waals surface area contributed by atoms with Crippen LogP contribution in [0.5, 0.6) is 0 Å². The van der Waals surface area contributed by atoms with Crippen molar-refractivity contribution >= 4 is 0 Å². The molecule has 3 rings (SSSR count). The lowest BCUT2D eigenvalue weighted by Gasteiger charge is -2.32. The maximum absolute atomic E-state index is 3.60. The highest BCUT2D eigenvalue weighted by molar-refractivity contribution is 5.34. The maximum Gasteiger partial charge on any atom is 0.0348 e. The van der Waals surface area contributed by atoms with Crippen molar-refractivity contribution in [2.75, 3.05) is 7.05 Å². The molecule has 98 valence electrons. The smallest absolute Gasteiger partial charge is 0.0348 e. The molecule has 2 aliphatic rings. The van der Waals surface area contributed by atoms with Gasteiger partial charge in [-0.1, -0.05) is 43.5 Å². The fourth-order valence-corrected chi connectivity index (χ4v) is 3.82. The first-order chi connectivity index (χ1) is 8.90. The van der Waals surface area contributed by atoms with Crippen LogP contribution in [0.1, 0.15) is 68.0 Å². The second-order valence-corrected chi connectivity index (χ2v) is 6.07. The molecule has 1 unspecified atom stereocenters. The average molecular weight is 243 g/mol. The first kappa shape index (κ1) is 12.2. The van der Waals surface area contributed by atoms with E-state index in [-0.39, 0.29) is 0 Å². The van der Waals surface area contributed by atoms with Crippen LogP contribution < -0.4 is 5.32 Å². The van der Waals surface area contributed by atoms with Gasteiger partial charge in [0.25, 0.3) is 0 Å². The minimum Gasteiger partial charge on any atom is -0.313 e. The lowest BCUT2D eigenvalue weighted by atomic mass is 9.75. The SMILES string of the molecule is CNC(c1ccccc1C1CCC1)C1CCCC1. The van der Waals surface area contributed by atoms with E-state index < -0.39 is 0 Å². The van der Waals surface area contributed by atoms with Crippen LogP contribution in [0.15, 0.2) is 24.3 Å². The number of nitrogens with one attached hydrogen (secondary N) is 1. The third-order valence-corrected chi connectivity index (χ3v) is 5.06. The van der Waals surface area contributed by atoms with E-state index in [9.17, 15) is 0 Å². The molecule has 0 amide bonds. The second kappa shape index (κ2) is 5.44. The molecule has 0 heterocycles. The first-order valence-electron chi connectivity index (χ1n) is 7.66. The molecule has 0 spiro atoms. The molecule has 0 saturated heterocycles. The molecule has 0 aliphatic heterocycles. The second-order valence-electron chi connectivity index (χ2n) is 6.07. The lowest BCUT2D eigenvalue weighted by Crippen LogP contribution is -2.26. The van der Waals surface area contributed by atoms with E-state index in [0.29, 0.717) is 6.04 Å². The van der Waals surface area contributed by atoms with Gasteiger partial charge in [0.2, 0.25) is 0 Å². The molecule has 1 nitrogen and oxygen atoms in total. The quantitative estimate of drug-likeness (QED) is 0.826.